The van der Waals surface area contributed by atoms with Gasteiger partial charge in [0.25, 0.3) is 0 Å². The molecule has 0 aliphatic heterocycles. The molecule has 0 amide bonds. The molecular weight excluding hydrogens is 174 g/mol. The summed E-state index contributed by atoms with van der Waals surface area (Å²) >= 11 is 0. The van der Waals surface area contributed by atoms with E-state index >= 15 is 0 Å². The van der Waals surface area contributed by atoms with Gasteiger partial charge in [-0.15, -0.1) is 11.7 Å². The minimum absolute atomic E-state index is 0.707. The minimum Gasteiger partial charge on any atom is -0.241 e. The molecule has 0 N–H and O–H groups in total. The molecule has 0 bridgehead atoms. The van der Waals surface area contributed by atoms with Crippen molar-refractivity contribution in [1.82, 2.24) is 15.0 Å². The average Bonchev–Trinajstić information content (AvgIpc) is 2.51. The van der Waals surface area contributed by atoms with Gasteiger partial charge in [-0.05, 0) is 37.1 Å². The molecule has 0 saturated heterocycles. The van der Waals surface area contributed by atoms with E-state index < -0.39 is 0 Å². The Labute approximate surface area is 83.0 Å². The zero-order valence-corrected chi connectivity index (χ0v) is 8.49. The molecule has 0 spiro atoms. The van der Waals surface area contributed by atoms with E-state index in [1.165, 1.54) is 11.1 Å². The van der Waals surface area contributed by atoms with Crippen LogP contribution in [0.2, 0.25) is 0 Å². The second-order valence-corrected chi connectivity index (χ2v) is 3.49. The van der Waals surface area contributed by atoms with Gasteiger partial charge in [0.05, 0.1) is 12.1 Å². The molecule has 0 aliphatic rings. The fourth-order valence-electron chi connectivity index (χ4n) is 1.48. The summed E-state index contributed by atoms with van der Waals surface area (Å²) in [5, 5.41) is 8.17. The molecule has 0 radical (unpaired) electrons. The van der Waals surface area contributed by atoms with Crippen molar-refractivity contribution in [1.29, 1.82) is 0 Å². The van der Waals surface area contributed by atoms with E-state index in [1.54, 1.807) is 0 Å². The Balaban J connectivity index is 2.67. The second kappa shape index (κ2) is 3.25. The number of rotatable bonds is 2. The lowest BCUT2D eigenvalue weighted by Gasteiger charge is -2.00. The number of fused-ring (bicyclic) bond motifs is 1. The summed E-state index contributed by atoms with van der Waals surface area (Å²) in [5.74, 6) is 0. The number of aryl methyl sites for hydroxylation is 2. The van der Waals surface area contributed by atoms with E-state index in [-0.39, 0.29) is 0 Å². The molecule has 0 aliphatic carbocycles. The van der Waals surface area contributed by atoms with E-state index in [2.05, 4.69) is 42.9 Å². The van der Waals surface area contributed by atoms with Gasteiger partial charge in [-0.3, -0.25) is 0 Å². The van der Waals surface area contributed by atoms with Crippen molar-refractivity contribution < 1.29 is 0 Å². The summed E-state index contributed by atoms with van der Waals surface area (Å²) in [6.07, 6.45) is 1.82. The highest BCUT2D eigenvalue weighted by Crippen LogP contribution is 2.16. The molecule has 0 fully saturated rings. The van der Waals surface area contributed by atoms with Crippen LogP contribution in [-0.4, -0.2) is 15.0 Å². The number of allylic oxidation sites excluding steroid dienone is 1. The lowest BCUT2D eigenvalue weighted by molar-refractivity contribution is 0.683. The molecule has 0 saturated carbocycles. The highest BCUT2D eigenvalue weighted by Gasteiger charge is 2.04. The Bertz CT molecular complexity index is 482. The highest BCUT2D eigenvalue weighted by atomic mass is 15.4. The summed E-state index contributed by atoms with van der Waals surface area (Å²) in [6, 6.07) is 4.19. The van der Waals surface area contributed by atoms with Gasteiger partial charge in [-0.2, -0.15) is 0 Å². The first-order valence-corrected chi connectivity index (χ1v) is 4.63. The third-order valence-corrected chi connectivity index (χ3v) is 2.43. The van der Waals surface area contributed by atoms with Gasteiger partial charge in [0.1, 0.15) is 5.52 Å². The normalized spacial score (nSPS) is 10.7. The van der Waals surface area contributed by atoms with Crippen molar-refractivity contribution in [3.05, 3.63) is 35.9 Å². The van der Waals surface area contributed by atoms with E-state index in [0.717, 1.165) is 11.0 Å². The van der Waals surface area contributed by atoms with Crippen LogP contribution in [0.3, 0.4) is 0 Å². The molecule has 1 aromatic carbocycles. The van der Waals surface area contributed by atoms with Crippen LogP contribution in [0, 0.1) is 13.8 Å². The molecule has 3 heteroatoms. The predicted octanol–water partition coefficient (Wildman–Crippen LogP) is 2.23. The minimum atomic E-state index is 0.707. The molecule has 2 aromatic rings. The fourth-order valence-corrected chi connectivity index (χ4v) is 1.48. The van der Waals surface area contributed by atoms with Gasteiger partial charge >= 0.3 is 0 Å². The Kier molecular flexibility index (Phi) is 2.08. The predicted molar refractivity (Wildman–Crippen MR) is 57.2 cm³/mol. The van der Waals surface area contributed by atoms with Gasteiger partial charge in [-0.1, -0.05) is 11.3 Å². The van der Waals surface area contributed by atoms with Crippen LogP contribution in [0.25, 0.3) is 11.0 Å². The quantitative estimate of drug-likeness (QED) is 0.675. The fraction of sp³-hybridized carbons (Fsp3) is 0.273. The van der Waals surface area contributed by atoms with Crippen LogP contribution < -0.4 is 0 Å². The summed E-state index contributed by atoms with van der Waals surface area (Å²) in [6.45, 7) is 8.58. The SMILES string of the molecule is C=CCn1nnc2cc(C)c(C)cc21. The van der Waals surface area contributed by atoms with Crippen LogP contribution in [0.5, 0.6) is 0 Å². The summed E-state index contributed by atoms with van der Waals surface area (Å²) in [7, 11) is 0. The molecular formula is C11H13N3. The number of hydrogen-bond donors (Lipinski definition) is 0. The lowest BCUT2D eigenvalue weighted by Crippen LogP contribution is -1.97. The van der Waals surface area contributed by atoms with Crippen LogP contribution >= 0.6 is 0 Å². The van der Waals surface area contributed by atoms with Crippen LogP contribution in [-0.2, 0) is 6.54 Å². The number of aromatic nitrogens is 3. The maximum Gasteiger partial charge on any atom is 0.113 e. The third kappa shape index (κ3) is 1.31. The van der Waals surface area contributed by atoms with Crippen molar-refractivity contribution in [2.45, 2.75) is 20.4 Å². The summed E-state index contributed by atoms with van der Waals surface area (Å²) < 4.78 is 1.86. The first-order chi connectivity index (χ1) is 6.72. The third-order valence-electron chi connectivity index (χ3n) is 2.43. The monoisotopic (exact) mass is 187 g/mol. The van der Waals surface area contributed by atoms with Gasteiger partial charge < -0.3 is 0 Å². The van der Waals surface area contributed by atoms with Crippen molar-refractivity contribution >= 4 is 11.0 Å². The van der Waals surface area contributed by atoms with Gasteiger partial charge in [0.15, 0.2) is 0 Å². The largest absolute Gasteiger partial charge is 0.241 e. The van der Waals surface area contributed by atoms with Crippen molar-refractivity contribution in [2.75, 3.05) is 0 Å². The number of nitrogens with zero attached hydrogens (tertiary/aromatic N) is 3. The molecule has 0 atom stereocenters. The molecule has 3 nitrogen and oxygen atoms in total. The van der Waals surface area contributed by atoms with E-state index in [0.29, 0.717) is 6.54 Å². The van der Waals surface area contributed by atoms with Crippen LogP contribution in [0.4, 0.5) is 0 Å². The summed E-state index contributed by atoms with van der Waals surface area (Å²) in [4.78, 5) is 0. The van der Waals surface area contributed by atoms with Gasteiger partial charge in [0, 0.05) is 0 Å². The lowest BCUT2D eigenvalue weighted by atomic mass is 10.1. The molecule has 72 valence electrons. The molecule has 2 rings (SSSR count). The van der Waals surface area contributed by atoms with E-state index in [4.69, 9.17) is 0 Å². The maximum absolute atomic E-state index is 4.10. The maximum atomic E-state index is 4.10. The van der Waals surface area contributed by atoms with Crippen LogP contribution in [0.1, 0.15) is 11.1 Å². The standard InChI is InChI=1S/C11H13N3/c1-4-5-14-11-7-9(3)8(2)6-10(11)12-13-14/h4,6-7H,1,5H2,2-3H3. The number of hydrogen-bond acceptors (Lipinski definition) is 2. The summed E-state index contributed by atoms with van der Waals surface area (Å²) in [5.41, 5.74) is 4.55. The van der Waals surface area contributed by atoms with Crippen LogP contribution in [0.15, 0.2) is 24.8 Å². The zero-order chi connectivity index (χ0) is 10.1. The average molecular weight is 187 g/mol. The van der Waals surface area contributed by atoms with E-state index in [1.807, 2.05) is 10.8 Å². The Hall–Kier alpha value is -1.64. The highest BCUT2D eigenvalue weighted by molar-refractivity contribution is 5.76. The van der Waals surface area contributed by atoms with Crippen molar-refractivity contribution in [3.63, 3.8) is 0 Å². The first-order valence-electron chi connectivity index (χ1n) is 4.63. The zero-order valence-electron chi connectivity index (χ0n) is 8.49. The van der Waals surface area contributed by atoms with Crippen molar-refractivity contribution in [3.8, 4) is 0 Å². The Morgan fingerprint density at radius 3 is 2.79 bits per heavy atom. The molecule has 14 heavy (non-hydrogen) atoms. The molecule has 0 unspecified atom stereocenters. The Morgan fingerprint density at radius 1 is 1.36 bits per heavy atom. The second-order valence-electron chi connectivity index (χ2n) is 3.49. The first kappa shape index (κ1) is 8.94. The molecule has 1 heterocycles. The van der Waals surface area contributed by atoms with Crippen molar-refractivity contribution in [2.24, 2.45) is 0 Å². The van der Waals surface area contributed by atoms with E-state index in [9.17, 15) is 0 Å². The molecule has 1 aromatic heterocycles. The number of benzene rings is 1. The van der Waals surface area contributed by atoms with Gasteiger partial charge in [-0.25, -0.2) is 4.68 Å². The Morgan fingerprint density at radius 2 is 2.07 bits per heavy atom. The van der Waals surface area contributed by atoms with Gasteiger partial charge in [0.2, 0.25) is 0 Å². The smallest absolute Gasteiger partial charge is 0.113 e. The topological polar surface area (TPSA) is 30.7 Å².